The molecule has 1 aromatic heterocycles. The van der Waals surface area contributed by atoms with E-state index in [9.17, 15) is 9.59 Å². The molecule has 2 aromatic carbocycles. The standard InChI is InChI=1S/C23H23N3O4S/c1-14-3-2-8-25(11-14)21(27)16-5-6-17-18(10-16)24-23(31)26(22(17)28)12-15-4-7-19-20(9-15)30-13-29-19/h4-7,9-10,14H,2-3,8,11-13H2,1H3,(H,24,31)/t14-/m0/s1. The molecule has 1 saturated heterocycles. The number of rotatable bonds is 3. The molecule has 1 N–H and O–H groups in total. The second-order valence-electron chi connectivity index (χ2n) is 8.27. The van der Waals surface area contributed by atoms with Crippen LogP contribution in [0.15, 0.2) is 41.2 Å². The number of fused-ring (bicyclic) bond motifs is 2. The highest BCUT2D eigenvalue weighted by molar-refractivity contribution is 7.71. The summed E-state index contributed by atoms with van der Waals surface area (Å²) in [5.74, 6) is 1.86. The Morgan fingerprint density at radius 1 is 1.19 bits per heavy atom. The minimum absolute atomic E-state index is 0.00249. The van der Waals surface area contributed by atoms with E-state index in [0.29, 0.717) is 45.2 Å². The van der Waals surface area contributed by atoms with Gasteiger partial charge in [-0.3, -0.25) is 14.2 Å². The van der Waals surface area contributed by atoms with Crippen molar-refractivity contribution < 1.29 is 14.3 Å². The van der Waals surface area contributed by atoms with Crippen molar-refractivity contribution in [1.29, 1.82) is 0 Å². The van der Waals surface area contributed by atoms with E-state index in [0.717, 1.165) is 31.5 Å². The quantitative estimate of drug-likeness (QED) is 0.632. The Bertz CT molecular complexity index is 1300. The van der Waals surface area contributed by atoms with Crippen molar-refractivity contribution in [1.82, 2.24) is 14.5 Å². The molecule has 2 aliphatic rings. The molecule has 8 heteroatoms. The number of ether oxygens (including phenoxy) is 2. The van der Waals surface area contributed by atoms with Gasteiger partial charge in [-0.15, -0.1) is 0 Å². The average molecular weight is 438 g/mol. The lowest BCUT2D eigenvalue weighted by molar-refractivity contribution is 0.0683. The van der Waals surface area contributed by atoms with Crippen LogP contribution in [0.1, 0.15) is 35.7 Å². The van der Waals surface area contributed by atoms with Gasteiger partial charge < -0.3 is 19.4 Å². The van der Waals surface area contributed by atoms with Crippen LogP contribution in [0.5, 0.6) is 11.5 Å². The van der Waals surface area contributed by atoms with Crippen molar-refractivity contribution in [3.63, 3.8) is 0 Å². The number of hydrogen-bond donors (Lipinski definition) is 1. The molecule has 160 valence electrons. The summed E-state index contributed by atoms with van der Waals surface area (Å²) in [7, 11) is 0. The summed E-state index contributed by atoms with van der Waals surface area (Å²) < 4.78 is 12.6. The first-order valence-electron chi connectivity index (χ1n) is 10.4. The summed E-state index contributed by atoms with van der Waals surface area (Å²) in [6.07, 6.45) is 2.17. The predicted octanol–water partition coefficient (Wildman–Crippen LogP) is 3.71. The van der Waals surface area contributed by atoms with E-state index in [1.807, 2.05) is 23.1 Å². The van der Waals surface area contributed by atoms with Crippen molar-refractivity contribution in [2.24, 2.45) is 5.92 Å². The number of amides is 1. The highest BCUT2D eigenvalue weighted by Gasteiger charge is 2.22. The molecule has 0 saturated carbocycles. The molecule has 3 aromatic rings. The van der Waals surface area contributed by atoms with Crippen LogP contribution in [0, 0.1) is 10.7 Å². The van der Waals surface area contributed by atoms with E-state index in [1.165, 1.54) is 4.57 Å². The summed E-state index contributed by atoms with van der Waals surface area (Å²) in [5.41, 5.74) is 1.84. The van der Waals surface area contributed by atoms with Gasteiger partial charge in [0.05, 0.1) is 17.4 Å². The zero-order chi connectivity index (χ0) is 21.5. The van der Waals surface area contributed by atoms with Gasteiger partial charge >= 0.3 is 0 Å². The van der Waals surface area contributed by atoms with Gasteiger partial charge in [-0.2, -0.15) is 0 Å². The van der Waals surface area contributed by atoms with Crippen LogP contribution in [-0.4, -0.2) is 40.2 Å². The maximum absolute atomic E-state index is 13.1. The molecule has 2 aliphatic heterocycles. The summed E-state index contributed by atoms with van der Waals surface area (Å²) >= 11 is 5.47. The second-order valence-corrected chi connectivity index (χ2v) is 8.65. The number of hydrogen-bond acceptors (Lipinski definition) is 5. The smallest absolute Gasteiger partial charge is 0.262 e. The van der Waals surface area contributed by atoms with Crippen molar-refractivity contribution in [2.45, 2.75) is 26.3 Å². The van der Waals surface area contributed by atoms with Crippen molar-refractivity contribution in [3.05, 3.63) is 62.6 Å². The normalized spacial score (nSPS) is 17.8. The maximum Gasteiger partial charge on any atom is 0.262 e. The number of likely N-dealkylation sites (tertiary alicyclic amines) is 1. The van der Waals surface area contributed by atoms with Crippen LogP contribution in [-0.2, 0) is 6.54 Å². The number of carbonyl (C=O) groups is 1. The highest BCUT2D eigenvalue weighted by Crippen LogP contribution is 2.32. The van der Waals surface area contributed by atoms with E-state index in [-0.39, 0.29) is 18.3 Å². The summed E-state index contributed by atoms with van der Waals surface area (Å²) in [6, 6.07) is 10.7. The van der Waals surface area contributed by atoms with Crippen LogP contribution in [0.25, 0.3) is 10.9 Å². The lowest BCUT2D eigenvalue weighted by Gasteiger charge is -2.31. The van der Waals surface area contributed by atoms with Crippen LogP contribution in [0.4, 0.5) is 0 Å². The third-order valence-corrected chi connectivity index (χ3v) is 6.27. The molecular weight excluding hydrogens is 414 g/mol. The van der Waals surface area contributed by atoms with Crippen molar-refractivity contribution in [3.8, 4) is 11.5 Å². The molecule has 0 radical (unpaired) electrons. The number of aromatic amines is 1. The van der Waals surface area contributed by atoms with Gasteiger partial charge in [0.1, 0.15) is 0 Å². The molecule has 0 spiro atoms. The SMILES string of the molecule is C[C@H]1CCCN(C(=O)c2ccc3c(=O)n(Cc4ccc5c(c4)OCO5)c(=S)[nH]c3c2)C1. The molecule has 1 fully saturated rings. The maximum atomic E-state index is 13.1. The first-order chi connectivity index (χ1) is 15.0. The van der Waals surface area contributed by atoms with Gasteiger partial charge in [-0.25, -0.2) is 0 Å². The molecule has 1 amide bonds. The van der Waals surface area contributed by atoms with E-state index in [4.69, 9.17) is 21.7 Å². The number of H-pyrrole nitrogens is 1. The van der Waals surface area contributed by atoms with Crippen LogP contribution < -0.4 is 15.0 Å². The van der Waals surface area contributed by atoms with Crippen LogP contribution in [0.3, 0.4) is 0 Å². The van der Waals surface area contributed by atoms with Gasteiger partial charge in [0.15, 0.2) is 16.3 Å². The molecule has 7 nitrogen and oxygen atoms in total. The number of nitrogens with one attached hydrogen (secondary N) is 1. The third kappa shape index (κ3) is 3.72. The third-order valence-electron chi connectivity index (χ3n) is 5.95. The monoisotopic (exact) mass is 437 g/mol. The lowest BCUT2D eigenvalue weighted by Crippen LogP contribution is -2.39. The fourth-order valence-corrected chi connectivity index (χ4v) is 4.57. The molecular formula is C23H23N3O4S. The minimum atomic E-state index is -0.193. The Labute approximate surface area is 184 Å². The average Bonchev–Trinajstić information content (AvgIpc) is 3.23. The zero-order valence-electron chi connectivity index (χ0n) is 17.2. The number of carbonyl (C=O) groups excluding carboxylic acids is 1. The molecule has 0 unspecified atom stereocenters. The molecule has 0 aliphatic carbocycles. The van der Waals surface area contributed by atoms with E-state index in [1.54, 1.807) is 18.2 Å². The Morgan fingerprint density at radius 2 is 2.03 bits per heavy atom. The Morgan fingerprint density at radius 3 is 2.87 bits per heavy atom. The molecule has 0 bridgehead atoms. The Hall–Kier alpha value is -3.13. The van der Waals surface area contributed by atoms with Gasteiger partial charge in [0.2, 0.25) is 6.79 Å². The second kappa shape index (κ2) is 7.85. The number of benzene rings is 2. The first kappa shape index (κ1) is 19.8. The van der Waals surface area contributed by atoms with Gasteiger partial charge in [-0.05, 0) is 66.9 Å². The molecule has 1 atom stereocenters. The summed E-state index contributed by atoms with van der Waals surface area (Å²) in [6.45, 7) is 4.22. The van der Waals surface area contributed by atoms with E-state index >= 15 is 0 Å². The van der Waals surface area contributed by atoms with Gasteiger partial charge in [-0.1, -0.05) is 13.0 Å². The molecule has 3 heterocycles. The number of piperidine rings is 1. The fourth-order valence-electron chi connectivity index (χ4n) is 4.31. The van der Waals surface area contributed by atoms with Gasteiger partial charge in [0.25, 0.3) is 11.5 Å². The predicted molar refractivity (Wildman–Crippen MR) is 119 cm³/mol. The van der Waals surface area contributed by atoms with Crippen molar-refractivity contribution in [2.75, 3.05) is 19.9 Å². The molecule has 5 rings (SSSR count). The van der Waals surface area contributed by atoms with E-state index in [2.05, 4.69) is 11.9 Å². The lowest BCUT2D eigenvalue weighted by atomic mass is 9.99. The Balaban J connectivity index is 1.47. The summed E-state index contributed by atoms with van der Waals surface area (Å²) in [5, 5.41) is 0.498. The molecule has 31 heavy (non-hydrogen) atoms. The van der Waals surface area contributed by atoms with Gasteiger partial charge in [0, 0.05) is 18.7 Å². The topological polar surface area (TPSA) is 76.6 Å². The minimum Gasteiger partial charge on any atom is -0.454 e. The number of nitrogens with zero attached hydrogens (tertiary/aromatic N) is 2. The fraction of sp³-hybridized carbons (Fsp3) is 0.348. The number of aromatic nitrogens is 2. The van der Waals surface area contributed by atoms with Crippen LogP contribution >= 0.6 is 12.2 Å². The van der Waals surface area contributed by atoms with Crippen molar-refractivity contribution >= 4 is 29.0 Å². The first-order valence-corrected chi connectivity index (χ1v) is 10.8. The zero-order valence-corrected chi connectivity index (χ0v) is 18.0. The largest absolute Gasteiger partial charge is 0.454 e. The summed E-state index contributed by atoms with van der Waals surface area (Å²) in [4.78, 5) is 31.1. The Kier molecular flexibility index (Phi) is 5.02. The van der Waals surface area contributed by atoms with Crippen LogP contribution in [0.2, 0.25) is 0 Å². The van der Waals surface area contributed by atoms with E-state index < -0.39 is 0 Å². The highest BCUT2D eigenvalue weighted by atomic mass is 32.1.